The summed E-state index contributed by atoms with van der Waals surface area (Å²) in [6, 6.07) is 11.8. The highest BCUT2D eigenvalue weighted by atomic mass is 35.5. The quantitative estimate of drug-likeness (QED) is 0.556. The molecule has 2 aromatic carbocycles. The molecule has 0 atom stereocenters. The number of methoxy groups -OCH3 is 1. The van der Waals surface area contributed by atoms with Crippen molar-refractivity contribution in [1.29, 1.82) is 0 Å². The molecule has 0 aliphatic heterocycles. The summed E-state index contributed by atoms with van der Waals surface area (Å²) in [4.78, 5) is 14.6. The van der Waals surface area contributed by atoms with Crippen LogP contribution < -0.4 is 9.46 Å². The number of halogens is 1. The van der Waals surface area contributed by atoms with Crippen LogP contribution in [0.25, 0.3) is 0 Å². The molecule has 0 unspecified atom stereocenters. The van der Waals surface area contributed by atoms with Gasteiger partial charge >= 0.3 is 0 Å². The zero-order chi connectivity index (χ0) is 22.1. The van der Waals surface area contributed by atoms with E-state index in [2.05, 4.69) is 4.72 Å². The number of rotatable bonds is 11. The van der Waals surface area contributed by atoms with Gasteiger partial charge in [0.05, 0.1) is 7.11 Å². The maximum absolute atomic E-state index is 12.9. The Bertz CT molecular complexity index is 957. The fourth-order valence-corrected chi connectivity index (χ4v) is 4.59. The molecule has 0 aromatic heterocycles. The van der Waals surface area contributed by atoms with E-state index in [9.17, 15) is 13.2 Å². The van der Waals surface area contributed by atoms with E-state index >= 15 is 0 Å². The van der Waals surface area contributed by atoms with Crippen molar-refractivity contribution >= 4 is 27.5 Å². The second-order valence-electron chi connectivity index (χ2n) is 6.94. The summed E-state index contributed by atoms with van der Waals surface area (Å²) in [5, 5.41) is 0.604. The third kappa shape index (κ3) is 6.45. The third-order valence-corrected chi connectivity index (χ3v) is 6.29. The van der Waals surface area contributed by atoms with Gasteiger partial charge in [-0.3, -0.25) is 4.79 Å². The molecule has 8 heteroatoms. The number of nitrogens with one attached hydrogen (secondary N) is 1. The molecule has 0 saturated carbocycles. The van der Waals surface area contributed by atoms with E-state index in [-0.39, 0.29) is 23.1 Å². The van der Waals surface area contributed by atoms with E-state index in [0.29, 0.717) is 30.1 Å². The van der Waals surface area contributed by atoms with E-state index in [1.54, 1.807) is 23.1 Å². The first-order valence-electron chi connectivity index (χ1n) is 10.0. The van der Waals surface area contributed by atoms with Crippen LogP contribution >= 0.6 is 11.6 Å². The Kier molecular flexibility index (Phi) is 9.14. The van der Waals surface area contributed by atoms with Crippen LogP contribution in [0.5, 0.6) is 5.75 Å². The molecule has 0 fully saturated rings. The molecule has 2 aromatic rings. The van der Waals surface area contributed by atoms with Crippen molar-refractivity contribution in [1.82, 2.24) is 9.62 Å². The lowest BCUT2D eigenvalue weighted by Gasteiger charge is -2.22. The summed E-state index contributed by atoms with van der Waals surface area (Å²) in [6.45, 7) is 5.45. The molecule has 0 heterocycles. The topological polar surface area (TPSA) is 75.7 Å². The minimum atomic E-state index is -3.87. The number of carbonyl (C=O) groups excluding carboxylic acids is 1. The zero-order valence-corrected chi connectivity index (χ0v) is 19.2. The first kappa shape index (κ1) is 24.2. The second kappa shape index (κ2) is 11.3. The van der Waals surface area contributed by atoms with Crippen LogP contribution in [-0.4, -0.2) is 46.0 Å². The first-order chi connectivity index (χ1) is 14.3. The van der Waals surface area contributed by atoms with Crippen LogP contribution in [0, 0.1) is 0 Å². The molecule has 1 amide bonds. The number of benzene rings is 2. The Hall–Kier alpha value is -2.09. The maximum atomic E-state index is 12.9. The van der Waals surface area contributed by atoms with Crippen LogP contribution in [0.4, 0.5) is 0 Å². The maximum Gasteiger partial charge on any atom is 0.253 e. The van der Waals surface area contributed by atoms with Crippen LogP contribution in [0.2, 0.25) is 5.02 Å². The van der Waals surface area contributed by atoms with Gasteiger partial charge in [-0.15, -0.1) is 0 Å². The summed E-state index contributed by atoms with van der Waals surface area (Å²) in [5.41, 5.74) is 1.25. The van der Waals surface area contributed by atoms with Gasteiger partial charge in [-0.1, -0.05) is 37.6 Å². The molecule has 164 valence electrons. The lowest BCUT2D eigenvalue weighted by Crippen LogP contribution is -2.33. The minimum absolute atomic E-state index is 0.0464. The predicted molar refractivity (Wildman–Crippen MR) is 120 cm³/mol. The molecule has 0 aliphatic rings. The number of ether oxygens (including phenoxy) is 1. The van der Waals surface area contributed by atoms with E-state index in [4.69, 9.17) is 16.3 Å². The van der Waals surface area contributed by atoms with Gasteiger partial charge in [0.25, 0.3) is 5.91 Å². The standard InChI is InChI=1S/C22H29ClN2O4S/c1-4-13-25(14-5-2)22(26)18-9-10-20(29-3)21(16-18)30(27,28)24-12-11-17-7-6-8-19(23)15-17/h6-10,15-16,24H,4-5,11-14H2,1-3H3. The van der Waals surface area contributed by atoms with Crippen LogP contribution in [0.3, 0.4) is 0 Å². The van der Waals surface area contributed by atoms with E-state index in [0.717, 1.165) is 18.4 Å². The van der Waals surface area contributed by atoms with Crippen molar-refractivity contribution in [3.63, 3.8) is 0 Å². The van der Waals surface area contributed by atoms with Crippen molar-refractivity contribution in [3.8, 4) is 5.75 Å². The van der Waals surface area contributed by atoms with Crippen molar-refractivity contribution < 1.29 is 17.9 Å². The van der Waals surface area contributed by atoms with Crippen LogP contribution in [0.1, 0.15) is 42.6 Å². The summed E-state index contributed by atoms with van der Waals surface area (Å²) < 4.78 is 33.7. The van der Waals surface area contributed by atoms with Crippen molar-refractivity contribution in [2.75, 3.05) is 26.7 Å². The Labute approximate surface area is 184 Å². The molecular weight excluding hydrogens is 424 g/mol. The number of sulfonamides is 1. The number of nitrogens with zero attached hydrogens (tertiary/aromatic N) is 1. The monoisotopic (exact) mass is 452 g/mol. The molecule has 0 spiro atoms. The third-order valence-electron chi connectivity index (χ3n) is 4.57. The van der Waals surface area contributed by atoms with Gasteiger partial charge in [0, 0.05) is 30.2 Å². The fraction of sp³-hybridized carbons (Fsp3) is 0.409. The molecule has 0 saturated heterocycles. The van der Waals surface area contributed by atoms with E-state index in [1.807, 2.05) is 26.0 Å². The van der Waals surface area contributed by atoms with Gasteiger partial charge in [0.1, 0.15) is 10.6 Å². The van der Waals surface area contributed by atoms with Crippen molar-refractivity contribution in [3.05, 3.63) is 58.6 Å². The van der Waals surface area contributed by atoms with Crippen molar-refractivity contribution in [2.24, 2.45) is 0 Å². The average Bonchev–Trinajstić information content (AvgIpc) is 2.72. The fourth-order valence-electron chi connectivity index (χ4n) is 3.16. The Morgan fingerprint density at radius 3 is 2.40 bits per heavy atom. The highest BCUT2D eigenvalue weighted by molar-refractivity contribution is 7.89. The lowest BCUT2D eigenvalue weighted by molar-refractivity contribution is 0.0755. The van der Waals surface area contributed by atoms with Gasteiger partial charge in [-0.2, -0.15) is 0 Å². The van der Waals surface area contributed by atoms with Gasteiger partial charge < -0.3 is 9.64 Å². The SMILES string of the molecule is CCCN(CCC)C(=O)c1ccc(OC)c(S(=O)(=O)NCCc2cccc(Cl)c2)c1. The largest absolute Gasteiger partial charge is 0.495 e. The van der Waals surface area contributed by atoms with Crippen LogP contribution in [-0.2, 0) is 16.4 Å². The van der Waals surface area contributed by atoms with Gasteiger partial charge in [-0.05, 0) is 55.2 Å². The first-order valence-corrected chi connectivity index (χ1v) is 11.9. The second-order valence-corrected chi connectivity index (χ2v) is 9.11. The van der Waals surface area contributed by atoms with Gasteiger partial charge in [-0.25, -0.2) is 13.1 Å². The molecule has 0 aliphatic carbocycles. The summed E-state index contributed by atoms with van der Waals surface area (Å²) in [6.07, 6.45) is 2.15. The molecule has 1 N–H and O–H groups in total. The molecule has 30 heavy (non-hydrogen) atoms. The zero-order valence-electron chi connectivity index (χ0n) is 17.7. The minimum Gasteiger partial charge on any atom is -0.495 e. The molecule has 0 bridgehead atoms. The van der Waals surface area contributed by atoms with Crippen LogP contribution in [0.15, 0.2) is 47.4 Å². The van der Waals surface area contributed by atoms with Crippen molar-refractivity contribution in [2.45, 2.75) is 38.0 Å². The van der Waals surface area contributed by atoms with E-state index in [1.165, 1.54) is 19.2 Å². The highest BCUT2D eigenvalue weighted by Crippen LogP contribution is 2.25. The van der Waals surface area contributed by atoms with E-state index < -0.39 is 10.0 Å². The molecule has 0 radical (unpaired) electrons. The molecule has 6 nitrogen and oxygen atoms in total. The molecule has 2 rings (SSSR count). The smallest absolute Gasteiger partial charge is 0.253 e. The predicted octanol–water partition coefficient (Wildman–Crippen LogP) is 4.13. The number of hydrogen-bond acceptors (Lipinski definition) is 4. The highest BCUT2D eigenvalue weighted by Gasteiger charge is 2.23. The summed E-state index contributed by atoms with van der Waals surface area (Å²) >= 11 is 5.98. The number of carbonyl (C=O) groups is 1. The Morgan fingerprint density at radius 1 is 1.10 bits per heavy atom. The Balaban J connectivity index is 2.22. The summed E-state index contributed by atoms with van der Waals surface area (Å²) in [7, 11) is -2.46. The number of hydrogen-bond donors (Lipinski definition) is 1. The number of amides is 1. The van der Waals surface area contributed by atoms with Gasteiger partial charge in [0.15, 0.2) is 0 Å². The normalized spacial score (nSPS) is 11.3. The lowest BCUT2D eigenvalue weighted by atomic mass is 10.1. The molecular formula is C22H29ClN2O4S. The average molecular weight is 453 g/mol. The Morgan fingerprint density at radius 2 is 1.80 bits per heavy atom. The summed E-state index contributed by atoms with van der Waals surface area (Å²) in [5.74, 6) is 0.0102. The van der Waals surface area contributed by atoms with Gasteiger partial charge in [0.2, 0.25) is 10.0 Å².